The number of carbonyl (C=O) groups excluding carboxylic acids is 3. The zero-order valence-electron chi connectivity index (χ0n) is 12.8. The van der Waals surface area contributed by atoms with Crippen LogP contribution in [0.25, 0.3) is 0 Å². The van der Waals surface area contributed by atoms with Gasteiger partial charge in [-0.2, -0.15) is 13.2 Å². The molecule has 0 fully saturated rings. The zero-order chi connectivity index (χ0) is 18.4. The molecule has 8 heteroatoms. The molecule has 0 saturated heterocycles. The number of benzene rings is 2. The Bertz CT molecular complexity index is 871. The van der Waals surface area contributed by atoms with Crippen molar-refractivity contribution in [3.63, 3.8) is 0 Å². The monoisotopic (exact) mass is 348 g/mol. The lowest BCUT2D eigenvalue weighted by Crippen LogP contribution is -2.31. The van der Waals surface area contributed by atoms with E-state index in [0.29, 0.717) is 11.0 Å². The van der Waals surface area contributed by atoms with Gasteiger partial charge in [0.2, 0.25) is 5.91 Å². The van der Waals surface area contributed by atoms with Crippen molar-refractivity contribution in [1.82, 2.24) is 0 Å². The van der Waals surface area contributed by atoms with Crippen LogP contribution < -0.4 is 10.2 Å². The van der Waals surface area contributed by atoms with Crippen LogP contribution in [0.4, 0.5) is 24.5 Å². The predicted molar refractivity (Wildman–Crippen MR) is 83.3 cm³/mol. The summed E-state index contributed by atoms with van der Waals surface area (Å²) in [5.74, 6) is -2.18. The summed E-state index contributed by atoms with van der Waals surface area (Å²) in [6.45, 7) is 1.16. The SMILES string of the molecule is CC(=O)Nc1ccc(N2C(=O)c3ccccc3C2=O)c(C(F)(F)F)c1. The maximum Gasteiger partial charge on any atom is 0.418 e. The lowest BCUT2D eigenvalue weighted by Gasteiger charge is -2.20. The average molecular weight is 348 g/mol. The fourth-order valence-corrected chi connectivity index (χ4v) is 2.65. The van der Waals surface area contributed by atoms with Crippen LogP contribution in [0.15, 0.2) is 42.5 Å². The van der Waals surface area contributed by atoms with Gasteiger partial charge in [-0.15, -0.1) is 0 Å². The molecule has 1 N–H and O–H groups in total. The van der Waals surface area contributed by atoms with E-state index in [1.807, 2.05) is 0 Å². The first-order valence-electron chi connectivity index (χ1n) is 7.17. The number of carbonyl (C=O) groups is 3. The van der Waals surface area contributed by atoms with Gasteiger partial charge >= 0.3 is 6.18 Å². The van der Waals surface area contributed by atoms with Crippen molar-refractivity contribution in [2.45, 2.75) is 13.1 Å². The van der Waals surface area contributed by atoms with E-state index in [1.54, 1.807) is 0 Å². The molecule has 0 saturated carbocycles. The van der Waals surface area contributed by atoms with Gasteiger partial charge in [0.1, 0.15) is 0 Å². The Morgan fingerprint density at radius 3 is 2.04 bits per heavy atom. The van der Waals surface area contributed by atoms with Gasteiger partial charge in [-0.25, -0.2) is 4.90 Å². The number of rotatable bonds is 2. The standard InChI is InChI=1S/C17H11F3N2O3/c1-9(23)21-10-6-7-14(13(8-10)17(18,19)20)22-15(24)11-4-2-3-5-12(11)16(22)25/h2-8H,1H3,(H,21,23). The van der Waals surface area contributed by atoms with Crippen molar-refractivity contribution < 1.29 is 27.6 Å². The number of amides is 3. The summed E-state index contributed by atoms with van der Waals surface area (Å²) in [5, 5.41) is 2.25. The smallest absolute Gasteiger partial charge is 0.326 e. The second kappa shape index (κ2) is 5.73. The number of fused-ring (bicyclic) bond motifs is 1. The van der Waals surface area contributed by atoms with E-state index in [2.05, 4.69) is 5.32 Å². The highest BCUT2D eigenvalue weighted by Gasteiger charge is 2.42. The van der Waals surface area contributed by atoms with Crippen molar-refractivity contribution in [3.05, 3.63) is 59.2 Å². The number of imide groups is 1. The number of nitrogens with zero attached hydrogens (tertiary/aromatic N) is 1. The highest BCUT2D eigenvalue weighted by Crippen LogP contribution is 2.40. The molecule has 25 heavy (non-hydrogen) atoms. The first-order valence-corrected chi connectivity index (χ1v) is 7.17. The number of alkyl halides is 3. The van der Waals surface area contributed by atoms with Gasteiger partial charge in [0.15, 0.2) is 0 Å². The maximum atomic E-state index is 13.4. The third-order valence-electron chi connectivity index (χ3n) is 3.66. The molecule has 2 aromatic rings. The minimum atomic E-state index is -4.82. The number of anilines is 2. The van der Waals surface area contributed by atoms with Gasteiger partial charge in [0.05, 0.1) is 22.4 Å². The van der Waals surface area contributed by atoms with Crippen LogP contribution in [0.2, 0.25) is 0 Å². The molecule has 1 aliphatic rings. The lowest BCUT2D eigenvalue weighted by molar-refractivity contribution is -0.137. The molecular formula is C17H11F3N2O3. The molecule has 0 unspecified atom stereocenters. The van der Waals surface area contributed by atoms with Crippen LogP contribution in [0.1, 0.15) is 33.2 Å². The molecule has 128 valence electrons. The Morgan fingerprint density at radius 1 is 1.00 bits per heavy atom. The minimum absolute atomic E-state index is 0.0477. The summed E-state index contributed by atoms with van der Waals surface area (Å²) in [7, 11) is 0. The Balaban J connectivity index is 2.13. The molecule has 0 aliphatic carbocycles. The van der Waals surface area contributed by atoms with Crippen molar-refractivity contribution in [2.75, 3.05) is 10.2 Å². The molecule has 2 aromatic carbocycles. The highest BCUT2D eigenvalue weighted by atomic mass is 19.4. The van der Waals surface area contributed by atoms with Crippen molar-refractivity contribution in [2.24, 2.45) is 0 Å². The van der Waals surface area contributed by atoms with Crippen LogP contribution >= 0.6 is 0 Å². The summed E-state index contributed by atoms with van der Waals surface area (Å²) in [6, 6.07) is 8.71. The fourth-order valence-electron chi connectivity index (χ4n) is 2.65. The Hall–Kier alpha value is -3.16. The molecular weight excluding hydrogens is 337 g/mol. The van der Waals surface area contributed by atoms with Gasteiger partial charge in [-0.1, -0.05) is 12.1 Å². The van der Waals surface area contributed by atoms with E-state index >= 15 is 0 Å². The van der Waals surface area contributed by atoms with Gasteiger partial charge in [-0.3, -0.25) is 14.4 Å². The number of nitrogens with one attached hydrogen (secondary N) is 1. The van der Waals surface area contributed by atoms with Crippen LogP contribution in [-0.4, -0.2) is 17.7 Å². The Labute approximate surface area is 140 Å². The molecule has 0 spiro atoms. The second-order valence-electron chi connectivity index (χ2n) is 5.40. The first kappa shape index (κ1) is 16.7. The van der Waals surface area contributed by atoms with Gasteiger partial charge in [-0.05, 0) is 30.3 Å². The van der Waals surface area contributed by atoms with Crippen LogP contribution in [0.5, 0.6) is 0 Å². The summed E-state index contributed by atoms with van der Waals surface area (Å²) in [5.41, 5.74) is -1.75. The normalized spacial score (nSPS) is 13.8. The average Bonchev–Trinajstić information content (AvgIpc) is 2.78. The van der Waals surface area contributed by atoms with E-state index in [-0.39, 0.29) is 16.8 Å². The number of hydrogen-bond donors (Lipinski definition) is 1. The Morgan fingerprint density at radius 2 is 1.56 bits per heavy atom. The minimum Gasteiger partial charge on any atom is -0.326 e. The van der Waals surface area contributed by atoms with E-state index in [9.17, 15) is 27.6 Å². The van der Waals surface area contributed by atoms with Crippen molar-refractivity contribution >= 4 is 29.1 Å². The quantitative estimate of drug-likeness (QED) is 0.845. The third-order valence-corrected chi connectivity index (χ3v) is 3.66. The largest absolute Gasteiger partial charge is 0.418 e. The maximum absolute atomic E-state index is 13.4. The molecule has 0 atom stereocenters. The highest BCUT2D eigenvalue weighted by molar-refractivity contribution is 6.34. The van der Waals surface area contributed by atoms with Gasteiger partial charge < -0.3 is 5.32 Å². The van der Waals surface area contributed by atoms with Crippen molar-refractivity contribution in [1.29, 1.82) is 0 Å². The molecule has 0 radical (unpaired) electrons. The summed E-state index contributed by atoms with van der Waals surface area (Å²) in [6.07, 6.45) is -4.82. The van der Waals surface area contributed by atoms with Crippen molar-refractivity contribution in [3.8, 4) is 0 Å². The molecule has 1 aliphatic heterocycles. The molecule has 0 aromatic heterocycles. The fraction of sp³-hybridized carbons (Fsp3) is 0.118. The number of hydrogen-bond acceptors (Lipinski definition) is 3. The van der Waals surface area contributed by atoms with Gasteiger partial charge in [0, 0.05) is 12.6 Å². The molecule has 1 heterocycles. The van der Waals surface area contributed by atoms with Crippen LogP contribution in [0.3, 0.4) is 0 Å². The molecule has 3 rings (SSSR count). The van der Waals surface area contributed by atoms with Crippen LogP contribution in [0, 0.1) is 0 Å². The Kier molecular flexibility index (Phi) is 3.82. The zero-order valence-corrected chi connectivity index (χ0v) is 12.8. The lowest BCUT2D eigenvalue weighted by atomic mass is 10.1. The molecule has 5 nitrogen and oxygen atoms in total. The summed E-state index contributed by atoms with van der Waals surface area (Å²) >= 11 is 0. The van der Waals surface area contributed by atoms with E-state index in [4.69, 9.17) is 0 Å². The molecule has 0 bridgehead atoms. The van der Waals surface area contributed by atoms with E-state index < -0.39 is 35.1 Å². The molecule has 3 amide bonds. The van der Waals surface area contributed by atoms with Crippen LogP contribution in [-0.2, 0) is 11.0 Å². The predicted octanol–water partition coefficient (Wildman–Crippen LogP) is 3.46. The van der Waals surface area contributed by atoms with E-state index in [0.717, 1.165) is 13.0 Å². The third kappa shape index (κ3) is 2.86. The first-order chi connectivity index (χ1) is 11.7. The topological polar surface area (TPSA) is 66.5 Å². The number of halogens is 3. The summed E-state index contributed by atoms with van der Waals surface area (Å²) in [4.78, 5) is 36.4. The van der Waals surface area contributed by atoms with Gasteiger partial charge in [0.25, 0.3) is 11.8 Å². The second-order valence-corrected chi connectivity index (χ2v) is 5.40. The summed E-state index contributed by atoms with van der Waals surface area (Å²) < 4.78 is 40.3. The van der Waals surface area contributed by atoms with E-state index in [1.165, 1.54) is 30.3 Å².